The third-order valence-electron chi connectivity index (χ3n) is 34.3. The quantitative estimate of drug-likeness (QED) is 0.0351. The second-order valence-electron chi connectivity index (χ2n) is 40.1. The number of halogens is 2. The van der Waals surface area contributed by atoms with Crippen LogP contribution in [0.2, 0.25) is 0 Å². The zero-order valence-corrected chi connectivity index (χ0v) is 83.3. The van der Waals surface area contributed by atoms with Crippen molar-refractivity contribution in [3.05, 3.63) is 0 Å². The highest BCUT2D eigenvalue weighted by molar-refractivity contribution is 5.85. The molecule has 0 aromatic carbocycles. The summed E-state index contributed by atoms with van der Waals surface area (Å²) in [5.41, 5.74) is 0. The van der Waals surface area contributed by atoms with Crippen LogP contribution in [-0.2, 0) is 75.8 Å². The van der Waals surface area contributed by atoms with Crippen LogP contribution in [0.5, 0.6) is 0 Å². The van der Waals surface area contributed by atoms with Gasteiger partial charge in [-0.05, 0) is 214 Å². The van der Waals surface area contributed by atoms with Crippen molar-refractivity contribution >= 4 is 24.8 Å². The van der Waals surface area contributed by atoms with E-state index in [0.717, 1.165) is 103 Å². The van der Waals surface area contributed by atoms with E-state index in [1.165, 1.54) is 0 Å². The fraction of sp³-hybridized carbons (Fsp3) is 1.00. The molecule has 10 heterocycles. The number of hydrogen-bond donors (Lipinski definition) is 16. The van der Waals surface area contributed by atoms with Gasteiger partial charge in [-0.15, -0.1) is 24.8 Å². The molecular formula is C96H178Cl2N16O16. The summed E-state index contributed by atoms with van der Waals surface area (Å²) in [6, 6.07) is 0. The predicted octanol–water partition coefficient (Wildman–Crippen LogP) is 6.29. The normalized spacial score (nSPS) is 49.1. The first-order valence-electron chi connectivity index (χ1n) is 52.8. The zero-order chi connectivity index (χ0) is 89.0. The summed E-state index contributed by atoms with van der Waals surface area (Å²) in [5.74, 6) is 2.70. The molecule has 18 aliphatic rings. The van der Waals surface area contributed by atoms with E-state index in [2.05, 4.69) is 196 Å². The van der Waals surface area contributed by atoms with Crippen LogP contribution in [0.15, 0.2) is 0 Å². The fourth-order valence-corrected chi connectivity index (χ4v) is 30.6. The van der Waals surface area contributed by atoms with Gasteiger partial charge in [-0.25, -0.2) is 0 Å². The highest BCUT2D eigenvalue weighted by atomic mass is 35.5. The Kier molecular flexibility index (Phi) is 38.6. The molecule has 0 aromatic heterocycles. The average Bonchev–Trinajstić information content (AvgIpc) is 1.57. The Labute approximate surface area is 791 Å². The second-order valence-corrected chi connectivity index (χ2v) is 40.1. The zero-order valence-electron chi connectivity index (χ0n) is 81.7. The maximum absolute atomic E-state index is 6.74. The van der Waals surface area contributed by atoms with E-state index < -0.39 is 0 Å². The monoisotopic (exact) mass is 1880 g/mol. The minimum atomic E-state index is -0.0517. The summed E-state index contributed by atoms with van der Waals surface area (Å²) < 4.78 is 108. The molecule has 34 heteroatoms. The number of rotatable bonds is 32. The van der Waals surface area contributed by atoms with E-state index in [-0.39, 0.29) is 316 Å². The van der Waals surface area contributed by atoms with Gasteiger partial charge in [0.2, 0.25) is 0 Å². The minimum absolute atomic E-state index is 0. The number of nitrogens with one attached hydrogen (secondary N) is 16. The average molecular weight is 1880 g/mol. The molecule has 16 N–H and O–H groups in total. The molecule has 10 saturated heterocycles. The topological polar surface area (TPSA) is 340 Å². The van der Waals surface area contributed by atoms with Crippen LogP contribution in [-0.4, -0.2) is 302 Å². The van der Waals surface area contributed by atoms with Crippen LogP contribution in [0.4, 0.5) is 0 Å². The molecule has 0 amide bonds. The van der Waals surface area contributed by atoms with E-state index in [1.54, 1.807) is 0 Å². The van der Waals surface area contributed by atoms with Crippen molar-refractivity contribution in [2.75, 3.05) is 106 Å². The molecule has 18 fully saturated rings. The predicted molar refractivity (Wildman–Crippen MR) is 502 cm³/mol. The lowest BCUT2D eigenvalue weighted by Crippen LogP contribution is -2.62. The van der Waals surface area contributed by atoms with E-state index in [1.807, 2.05) is 0 Å². The summed E-state index contributed by atoms with van der Waals surface area (Å²) in [6.07, 6.45) is 16.1. The van der Waals surface area contributed by atoms with Gasteiger partial charge >= 0.3 is 0 Å². The lowest BCUT2D eigenvalue weighted by molar-refractivity contribution is -0.111. The van der Waals surface area contributed by atoms with Crippen LogP contribution in [0.1, 0.15) is 214 Å². The molecule has 32 unspecified atom stereocenters. The second kappa shape index (κ2) is 48.4. The van der Waals surface area contributed by atoms with Gasteiger partial charge in [0, 0.05) is 200 Å². The van der Waals surface area contributed by atoms with Crippen molar-refractivity contribution in [2.24, 2.45) is 94.7 Å². The third kappa shape index (κ3) is 21.0. The largest absolute Gasteiger partial charge is 0.378 e. The van der Waals surface area contributed by atoms with Gasteiger partial charge in [-0.2, -0.15) is 0 Å². The van der Waals surface area contributed by atoms with Crippen molar-refractivity contribution in [1.82, 2.24) is 85.1 Å². The van der Waals surface area contributed by atoms with Gasteiger partial charge < -0.3 is 75.8 Å². The summed E-state index contributed by atoms with van der Waals surface area (Å²) >= 11 is 0. The van der Waals surface area contributed by atoms with Crippen molar-refractivity contribution in [3.8, 4) is 0 Å². The maximum Gasteiger partial charge on any atom is 0.0654 e. The van der Waals surface area contributed by atoms with E-state index in [0.29, 0.717) is 106 Å². The Morgan fingerprint density at radius 3 is 0.215 bits per heavy atom. The van der Waals surface area contributed by atoms with Crippen molar-refractivity contribution < 1.29 is 75.8 Å². The third-order valence-corrected chi connectivity index (χ3v) is 34.3. The smallest absolute Gasteiger partial charge is 0.0654 e. The summed E-state index contributed by atoms with van der Waals surface area (Å²) in [7, 11) is 0. The maximum atomic E-state index is 6.74. The number of fused-ring (bicyclic) bond motifs is 40. The molecule has 18 rings (SSSR count). The van der Waals surface area contributed by atoms with Crippen LogP contribution in [0, 0.1) is 94.7 Å². The fourth-order valence-electron chi connectivity index (χ4n) is 30.6. The van der Waals surface area contributed by atoms with Gasteiger partial charge in [-0.1, -0.05) is 0 Å². The van der Waals surface area contributed by atoms with Gasteiger partial charge in [0.15, 0.2) is 0 Å². The molecule has 0 spiro atoms. The van der Waals surface area contributed by atoms with Crippen LogP contribution < -0.4 is 85.1 Å². The number of hydrogen-bond acceptors (Lipinski definition) is 32. The Bertz CT molecular complexity index is 2540. The molecule has 8 aliphatic carbocycles. The Morgan fingerprint density at radius 2 is 0.169 bits per heavy atom. The molecule has 16 bridgehead atoms. The van der Waals surface area contributed by atoms with Crippen molar-refractivity contribution in [1.29, 1.82) is 0 Å². The molecule has 0 aromatic rings. The van der Waals surface area contributed by atoms with Gasteiger partial charge in [0.1, 0.15) is 0 Å². The van der Waals surface area contributed by atoms with Gasteiger partial charge in [-0.3, -0.25) is 85.1 Å². The molecule has 10 aliphatic heterocycles. The van der Waals surface area contributed by atoms with Gasteiger partial charge in [0.25, 0.3) is 0 Å². The molecule has 752 valence electrons. The highest BCUT2D eigenvalue weighted by Crippen LogP contribution is 2.54. The Hall–Kier alpha value is -0.700. The van der Waals surface area contributed by atoms with Gasteiger partial charge in [0.05, 0.1) is 196 Å². The first-order valence-corrected chi connectivity index (χ1v) is 52.8. The molecule has 130 heavy (non-hydrogen) atoms. The molecule has 32 nitrogen and oxygen atoms in total. The number of ether oxygens (including phenoxy) is 16. The highest BCUT2D eigenvalue weighted by Gasteiger charge is 2.67. The molecule has 8 saturated carbocycles. The minimum Gasteiger partial charge on any atom is -0.378 e. The lowest BCUT2D eigenvalue weighted by Gasteiger charge is -2.45. The lowest BCUT2D eigenvalue weighted by atomic mass is 9.72. The van der Waals surface area contributed by atoms with E-state index in [9.17, 15) is 0 Å². The summed E-state index contributed by atoms with van der Waals surface area (Å²) in [4.78, 5) is 0. The molecule has 32 atom stereocenters. The van der Waals surface area contributed by atoms with Crippen molar-refractivity contribution in [2.45, 2.75) is 410 Å². The SMILES string of the molecule is CCOC1CCC(OCC)C2C3NC(NC4NC(NC5NC(NC6NC(N3)C3C(OCC)CCC(OCC)C63)C3C(OCC)CCC(OCC)C53)C3C(OCC)CCC(OCC)C43)C12.CCOC1CCC(OCC)C2C3NC(NC4NC(NC5NC(NC6NC(N3)C3C(OCC)CCC(OCC)C63)C3C(OCC)CCC(OCC)C53)C3C(OCC)CCC(OCC)C43)C12.Cl.Cl. The van der Waals surface area contributed by atoms with E-state index in [4.69, 9.17) is 75.8 Å². The Morgan fingerprint density at radius 1 is 0.115 bits per heavy atom. The molecule has 0 radical (unpaired) electrons. The summed E-state index contributed by atoms with van der Waals surface area (Å²) in [6.45, 7) is 45.1. The standard InChI is InChI=1S/2C48H88N8O8.2ClH/c2*1-9-57-25-17-18-26(58-10-2)34-33(25)41-49-42(34)54-44-37-29(61-13-5)21-22-30(62-14-6)38(37)46(51-44)56-48-40-32(64-16-8)24-23-31(63-15-7)39(40)47(52-48)55-45-36-28(60-12-4)20-19-27(59-11-3)35(36)43(50-45)53-41;;/h2*25-56H,9-24H2,1-8H3;2*1H. The van der Waals surface area contributed by atoms with Crippen LogP contribution >= 0.6 is 24.8 Å². The van der Waals surface area contributed by atoms with Crippen LogP contribution in [0.25, 0.3) is 0 Å². The first kappa shape index (κ1) is 104. The Balaban J connectivity index is 0.000000196. The molecular weight excluding hydrogens is 1700 g/mol. The van der Waals surface area contributed by atoms with Crippen LogP contribution in [0.3, 0.4) is 0 Å². The first-order chi connectivity index (χ1) is 62.8. The van der Waals surface area contributed by atoms with Crippen molar-refractivity contribution in [3.63, 3.8) is 0 Å². The van der Waals surface area contributed by atoms with E-state index >= 15 is 0 Å². The summed E-state index contributed by atoms with van der Waals surface area (Å²) in [5, 5.41) is 68.3.